The molecule has 1 aromatic rings. The minimum absolute atomic E-state index is 0.0949. The molecule has 0 aliphatic heterocycles. The molecule has 0 amide bonds. The molecule has 88 valence electrons. The topological polar surface area (TPSA) is 92.8 Å². The molecule has 1 unspecified atom stereocenters. The molecule has 5 heteroatoms. The van der Waals surface area contributed by atoms with Crippen LogP contribution in [0.1, 0.15) is 5.56 Å². The van der Waals surface area contributed by atoms with Gasteiger partial charge in [0.25, 0.3) is 0 Å². The van der Waals surface area contributed by atoms with E-state index in [-0.39, 0.29) is 6.61 Å². The largest absolute Gasteiger partial charge is 0.480 e. The lowest BCUT2D eigenvalue weighted by molar-refractivity contribution is -0.142. The molecular weight excluding hydrogens is 210 g/mol. The van der Waals surface area contributed by atoms with Crippen molar-refractivity contribution in [2.24, 2.45) is 5.73 Å². The van der Waals surface area contributed by atoms with Gasteiger partial charge in [-0.25, -0.2) is 0 Å². The highest BCUT2D eigenvalue weighted by molar-refractivity contribution is 5.73. The van der Waals surface area contributed by atoms with Gasteiger partial charge in [-0.05, 0) is 5.56 Å². The van der Waals surface area contributed by atoms with Gasteiger partial charge in [0.2, 0.25) is 0 Å². The Labute approximate surface area is 93.5 Å². The van der Waals surface area contributed by atoms with Gasteiger partial charge in [0.1, 0.15) is 12.1 Å². The lowest BCUT2D eigenvalue weighted by Gasteiger charge is -2.14. The number of carbonyl (C=O) groups is 1. The van der Waals surface area contributed by atoms with E-state index in [4.69, 9.17) is 15.6 Å². The fourth-order valence-corrected chi connectivity index (χ4v) is 1.14. The Morgan fingerprint density at radius 3 is 2.56 bits per heavy atom. The van der Waals surface area contributed by atoms with Gasteiger partial charge in [-0.3, -0.25) is 4.79 Å². The van der Waals surface area contributed by atoms with E-state index in [1.165, 1.54) is 0 Å². The van der Waals surface area contributed by atoms with Crippen molar-refractivity contribution in [3.63, 3.8) is 0 Å². The standard InChI is InChI=1S/C11H15NO4/c12-10(11(14)15)9(13)7-16-6-8-4-2-1-3-5-8/h1-5,9-10,13H,6-7,12H2,(H,14,15)/t9?,10-/m0/s1. The molecule has 0 saturated heterocycles. The lowest BCUT2D eigenvalue weighted by Crippen LogP contribution is -2.44. The highest BCUT2D eigenvalue weighted by atomic mass is 16.5. The summed E-state index contributed by atoms with van der Waals surface area (Å²) in [5.41, 5.74) is 6.17. The van der Waals surface area contributed by atoms with Crippen LogP contribution in [0.15, 0.2) is 30.3 Å². The van der Waals surface area contributed by atoms with Crippen molar-refractivity contribution in [2.45, 2.75) is 18.8 Å². The van der Waals surface area contributed by atoms with E-state index in [9.17, 15) is 9.90 Å². The van der Waals surface area contributed by atoms with Crippen molar-refractivity contribution < 1.29 is 19.7 Å². The van der Waals surface area contributed by atoms with E-state index in [0.717, 1.165) is 5.56 Å². The summed E-state index contributed by atoms with van der Waals surface area (Å²) < 4.78 is 5.16. The van der Waals surface area contributed by atoms with Crippen molar-refractivity contribution in [2.75, 3.05) is 6.61 Å². The predicted octanol–water partition coefficient (Wildman–Crippen LogP) is -0.0240. The molecule has 0 spiro atoms. The number of aliphatic hydroxyl groups excluding tert-OH is 1. The van der Waals surface area contributed by atoms with Gasteiger partial charge in [-0.1, -0.05) is 30.3 Å². The van der Waals surface area contributed by atoms with Crippen LogP contribution in [0.3, 0.4) is 0 Å². The highest BCUT2D eigenvalue weighted by Crippen LogP contribution is 2.01. The van der Waals surface area contributed by atoms with Gasteiger partial charge < -0.3 is 20.7 Å². The van der Waals surface area contributed by atoms with Crippen LogP contribution in [0.5, 0.6) is 0 Å². The monoisotopic (exact) mass is 225 g/mol. The van der Waals surface area contributed by atoms with Crippen LogP contribution in [0, 0.1) is 0 Å². The van der Waals surface area contributed by atoms with Crippen LogP contribution in [-0.4, -0.2) is 34.9 Å². The first-order valence-corrected chi connectivity index (χ1v) is 4.89. The Hall–Kier alpha value is -1.43. The fourth-order valence-electron chi connectivity index (χ4n) is 1.14. The molecule has 0 heterocycles. The van der Waals surface area contributed by atoms with E-state index in [1.807, 2.05) is 30.3 Å². The smallest absolute Gasteiger partial charge is 0.323 e. The number of nitrogens with two attached hydrogens (primary N) is 1. The summed E-state index contributed by atoms with van der Waals surface area (Å²) in [6, 6.07) is 8.08. The number of aliphatic hydroxyl groups is 1. The number of carboxylic acids is 1. The number of carboxylic acid groups (broad SMARTS) is 1. The molecule has 0 aliphatic rings. The molecule has 1 aromatic carbocycles. The molecule has 0 aromatic heterocycles. The third-order valence-corrected chi connectivity index (χ3v) is 2.10. The van der Waals surface area contributed by atoms with Crippen molar-refractivity contribution in [3.8, 4) is 0 Å². The van der Waals surface area contributed by atoms with Crippen molar-refractivity contribution in [1.82, 2.24) is 0 Å². The number of hydrogen-bond donors (Lipinski definition) is 3. The average Bonchev–Trinajstić information content (AvgIpc) is 2.29. The average molecular weight is 225 g/mol. The summed E-state index contributed by atoms with van der Waals surface area (Å²) in [5.74, 6) is -1.24. The summed E-state index contributed by atoms with van der Waals surface area (Å²) in [6.07, 6.45) is -1.19. The number of rotatable bonds is 6. The van der Waals surface area contributed by atoms with Crippen LogP contribution in [0.25, 0.3) is 0 Å². The van der Waals surface area contributed by atoms with E-state index < -0.39 is 18.1 Å². The zero-order valence-electron chi connectivity index (χ0n) is 8.74. The van der Waals surface area contributed by atoms with E-state index >= 15 is 0 Å². The molecule has 0 aliphatic carbocycles. The Kier molecular flexibility index (Phi) is 4.91. The highest BCUT2D eigenvalue weighted by Gasteiger charge is 2.21. The molecular formula is C11H15NO4. The Bertz CT molecular complexity index is 328. The Morgan fingerprint density at radius 1 is 1.38 bits per heavy atom. The number of benzene rings is 1. The first kappa shape index (κ1) is 12.6. The van der Waals surface area contributed by atoms with Crippen LogP contribution >= 0.6 is 0 Å². The van der Waals surface area contributed by atoms with E-state index in [2.05, 4.69) is 0 Å². The summed E-state index contributed by atoms with van der Waals surface area (Å²) in [5, 5.41) is 17.9. The van der Waals surface area contributed by atoms with Crippen molar-refractivity contribution in [3.05, 3.63) is 35.9 Å². The van der Waals surface area contributed by atoms with Crippen molar-refractivity contribution in [1.29, 1.82) is 0 Å². The third-order valence-electron chi connectivity index (χ3n) is 2.10. The van der Waals surface area contributed by atoms with Gasteiger partial charge in [0.05, 0.1) is 13.2 Å². The summed E-state index contributed by atoms with van der Waals surface area (Å²) in [7, 11) is 0. The second-order valence-corrected chi connectivity index (χ2v) is 3.43. The third kappa shape index (κ3) is 3.98. The van der Waals surface area contributed by atoms with Gasteiger partial charge in [0, 0.05) is 0 Å². The molecule has 0 radical (unpaired) electrons. The van der Waals surface area contributed by atoms with Gasteiger partial charge >= 0.3 is 5.97 Å². The van der Waals surface area contributed by atoms with Gasteiger partial charge in [-0.15, -0.1) is 0 Å². The minimum Gasteiger partial charge on any atom is -0.480 e. The predicted molar refractivity (Wildman–Crippen MR) is 57.7 cm³/mol. The fraction of sp³-hybridized carbons (Fsp3) is 0.364. The van der Waals surface area contributed by atoms with Gasteiger partial charge in [-0.2, -0.15) is 0 Å². The van der Waals surface area contributed by atoms with Crippen LogP contribution in [-0.2, 0) is 16.1 Å². The molecule has 0 bridgehead atoms. The SMILES string of the molecule is N[C@H](C(=O)O)C(O)COCc1ccccc1. The van der Waals surface area contributed by atoms with Gasteiger partial charge in [0.15, 0.2) is 0 Å². The summed E-state index contributed by atoms with van der Waals surface area (Å²) >= 11 is 0. The summed E-state index contributed by atoms with van der Waals surface area (Å²) in [6.45, 7) is 0.229. The number of ether oxygens (including phenoxy) is 1. The quantitative estimate of drug-likeness (QED) is 0.632. The first-order valence-electron chi connectivity index (χ1n) is 4.89. The molecule has 16 heavy (non-hydrogen) atoms. The van der Waals surface area contributed by atoms with E-state index in [1.54, 1.807) is 0 Å². The van der Waals surface area contributed by atoms with E-state index in [0.29, 0.717) is 6.61 Å². The lowest BCUT2D eigenvalue weighted by atomic mass is 10.2. The minimum atomic E-state index is -1.31. The molecule has 2 atom stereocenters. The second-order valence-electron chi connectivity index (χ2n) is 3.43. The van der Waals surface area contributed by atoms with Crippen molar-refractivity contribution >= 4 is 5.97 Å². The Balaban J connectivity index is 2.28. The maximum absolute atomic E-state index is 10.4. The first-order chi connectivity index (χ1) is 7.61. The van der Waals surface area contributed by atoms with Crippen LogP contribution in [0.4, 0.5) is 0 Å². The number of aliphatic carboxylic acids is 1. The molecule has 1 rings (SSSR count). The summed E-state index contributed by atoms with van der Waals surface area (Å²) in [4.78, 5) is 10.4. The maximum atomic E-state index is 10.4. The zero-order valence-corrected chi connectivity index (χ0v) is 8.74. The van der Waals surface area contributed by atoms with Crippen LogP contribution in [0.2, 0.25) is 0 Å². The zero-order chi connectivity index (χ0) is 12.0. The second kappa shape index (κ2) is 6.22. The molecule has 4 N–H and O–H groups in total. The van der Waals surface area contributed by atoms with Crippen LogP contribution < -0.4 is 5.73 Å². The normalized spacial score (nSPS) is 14.4. The maximum Gasteiger partial charge on any atom is 0.323 e. The number of hydrogen-bond acceptors (Lipinski definition) is 4. The molecule has 5 nitrogen and oxygen atoms in total. The molecule has 0 saturated carbocycles. The Morgan fingerprint density at radius 2 is 2.00 bits per heavy atom. The molecule has 0 fully saturated rings.